The second kappa shape index (κ2) is 8.50. The molecule has 3 rings (SSSR count). The predicted molar refractivity (Wildman–Crippen MR) is 109 cm³/mol. The van der Waals surface area contributed by atoms with Crippen LogP contribution in [0, 0.1) is 5.82 Å². The van der Waals surface area contributed by atoms with Gasteiger partial charge in [-0.1, -0.05) is 23.7 Å². The second-order valence-electron chi connectivity index (χ2n) is 6.14. The minimum absolute atomic E-state index is 0.0109. The number of amides is 1. The highest BCUT2D eigenvalue weighted by molar-refractivity contribution is 7.92. The molecule has 1 amide bonds. The molecule has 9 heteroatoms. The summed E-state index contributed by atoms with van der Waals surface area (Å²) in [5.74, 6) is -1.01. The number of phenolic OH excluding ortho intramolecular Hbond substituents is 1. The Morgan fingerprint density at radius 2 is 1.66 bits per heavy atom. The van der Waals surface area contributed by atoms with Crippen molar-refractivity contribution >= 4 is 38.9 Å². The minimum Gasteiger partial charge on any atom is -0.506 e. The Bertz CT molecular complexity index is 1130. The summed E-state index contributed by atoms with van der Waals surface area (Å²) in [5, 5.41) is 12.7. The number of sulfonamides is 1. The van der Waals surface area contributed by atoms with Gasteiger partial charge in [0, 0.05) is 10.7 Å². The Morgan fingerprint density at radius 1 is 1.00 bits per heavy atom. The highest BCUT2D eigenvalue weighted by Gasteiger charge is 2.14. The molecule has 0 unspecified atom stereocenters. The molecule has 0 heterocycles. The third kappa shape index (κ3) is 5.46. The van der Waals surface area contributed by atoms with Crippen molar-refractivity contribution in [2.45, 2.75) is 11.3 Å². The lowest BCUT2D eigenvalue weighted by Gasteiger charge is -2.10. The van der Waals surface area contributed by atoms with E-state index in [1.807, 2.05) is 0 Å². The lowest BCUT2D eigenvalue weighted by atomic mass is 10.1. The van der Waals surface area contributed by atoms with Crippen LogP contribution in [-0.4, -0.2) is 19.4 Å². The molecule has 29 heavy (non-hydrogen) atoms. The Morgan fingerprint density at radius 3 is 2.31 bits per heavy atom. The molecular formula is C20H16ClFN2O4S. The number of rotatable bonds is 6. The molecular weight excluding hydrogens is 419 g/mol. The molecule has 0 bridgehead atoms. The van der Waals surface area contributed by atoms with Crippen LogP contribution in [0.4, 0.5) is 15.8 Å². The topological polar surface area (TPSA) is 95.5 Å². The quantitative estimate of drug-likeness (QED) is 0.507. The van der Waals surface area contributed by atoms with E-state index in [0.29, 0.717) is 16.3 Å². The van der Waals surface area contributed by atoms with Crippen molar-refractivity contribution in [3.63, 3.8) is 0 Å². The first-order valence-corrected chi connectivity index (χ1v) is 10.2. The smallest absolute Gasteiger partial charge is 0.261 e. The van der Waals surface area contributed by atoms with Gasteiger partial charge in [0.2, 0.25) is 5.91 Å². The van der Waals surface area contributed by atoms with Gasteiger partial charge in [-0.05, 0) is 60.2 Å². The maximum atomic E-state index is 13.0. The summed E-state index contributed by atoms with van der Waals surface area (Å²) in [5.41, 5.74) is 1.13. The summed E-state index contributed by atoms with van der Waals surface area (Å²) in [4.78, 5) is 12.1. The summed E-state index contributed by atoms with van der Waals surface area (Å²) >= 11 is 5.85. The molecule has 0 atom stereocenters. The van der Waals surface area contributed by atoms with Crippen LogP contribution in [0.2, 0.25) is 5.02 Å². The lowest BCUT2D eigenvalue weighted by Crippen LogP contribution is -2.15. The van der Waals surface area contributed by atoms with Gasteiger partial charge in [-0.15, -0.1) is 0 Å². The summed E-state index contributed by atoms with van der Waals surface area (Å²) < 4.78 is 40.0. The molecule has 6 nitrogen and oxygen atoms in total. The fourth-order valence-corrected chi connectivity index (χ4v) is 3.74. The molecule has 0 saturated carbocycles. The summed E-state index contributed by atoms with van der Waals surface area (Å²) in [6.07, 6.45) is 0.0109. The first-order chi connectivity index (χ1) is 13.7. The lowest BCUT2D eigenvalue weighted by molar-refractivity contribution is -0.115. The maximum absolute atomic E-state index is 13.0. The number of hydrogen-bond acceptors (Lipinski definition) is 4. The average Bonchev–Trinajstić information content (AvgIpc) is 2.66. The number of aromatic hydroxyl groups is 1. The van der Waals surface area contributed by atoms with Crippen LogP contribution in [0.3, 0.4) is 0 Å². The van der Waals surface area contributed by atoms with E-state index in [1.165, 1.54) is 42.5 Å². The van der Waals surface area contributed by atoms with Crippen molar-refractivity contribution in [3.8, 4) is 5.75 Å². The minimum atomic E-state index is -3.85. The molecule has 150 valence electrons. The van der Waals surface area contributed by atoms with Gasteiger partial charge in [-0.3, -0.25) is 9.52 Å². The number of hydrogen-bond donors (Lipinski definition) is 3. The zero-order valence-electron chi connectivity index (χ0n) is 14.9. The van der Waals surface area contributed by atoms with Crippen LogP contribution in [0.15, 0.2) is 71.6 Å². The number of carbonyl (C=O) groups excluding carboxylic acids is 1. The summed E-state index contributed by atoms with van der Waals surface area (Å²) in [6, 6.07) is 15.0. The second-order valence-corrected chi connectivity index (χ2v) is 8.26. The highest BCUT2D eigenvalue weighted by atomic mass is 35.5. The van der Waals surface area contributed by atoms with Gasteiger partial charge in [0.15, 0.2) is 0 Å². The Hall–Kier alpha value is -3.10. The fraction of sp³-hybridized carbons (Fsp3) is 0.0500. The SMILES string of the molecule is O=C(Cc1ccc(NS(=O)(=O)c2ccc(F)cc2)cc1)Nc1cc(Cl)ccc1O. The van der Waals surface area contributed by atoms with Gasteiger partial charge in [0.05, 0.1) is 17.0 Å². The highest BCUT2D eigenvalue weighted by Crippen LogP contribution is 2.26. The molecule has 0 fully saturated rings. The van der Waals surface area contributed by atoms with Gasteiger partial charge in [0.1, 0.15) is 11.6 Å². The third-order valence-electron chi connectivity index (χ3n) is 3.93. The van der Waals surface area contributed by atoms with Crippen molar-refractivity contribution in [2.75, 3.05) is 10.0 Å². The van der Waals surface area contributed by atoms with Gasteiger partial charge in [-0.2, -0.15) is 0 Å². The van der Waals surface area contributed by atoms with Crippen LogP contribution < -0.4 is 10.0 Å². The molecule has 0 aliphatic heterocycles. The zero-order chi connectivity index (χ0) is 21.0. The van der Waals surface area contributed by atoms with Gasteiger partial charge >= 0.3 is 0 Å². The largest absolute Gasteiger partial charge is 0.506 e. The van der Waals surface area contributed by atoms with E-state index in [1.54, 1.807) is 12.1 Å². The Kier molecular flexibility index (Phi) is 6.05. The van der Waals surface area contributed by atoms with E-state index in [-0.39, 0.29) is 28.7 Å². The van der Waals surface area contributed by atoms with Gasteiger partial charge in [0.25, 0.3) is 10.0 Å². The van der Waals surface area contributed by atoms with Crippen LogP contribution in [0.5, 0.6) is 5.75 Å². The van der Waals surface area contributed by atoms with E-state index in [0.717, 1.165) is 12.1 Å². The van der Waals surface area contributed by atoms with Crippen molar-refractivity contribution in [1.29, 1.82) is 0 Å². The van der Waals surface area contributed by atoms with Crippen molar-refractivity contribution in [2.24, 2.45) is 0 Å². The number of carbonyl (C=O) groups is 1. The Balaban J connectivity index is 1.64. The van der Waals surface area contributed by atoms with Crippen molar-refractivity contribution in [1.82, 2.24) is 0 Å². The first-order valence-electron chi connectivity index (χ1n) is 8.39. The van der Waals surface area contributed by atoms with Gasteiger partial charge in [-0.25, -0.2) is 12.8 Å². The van der Waals surface area contributed by atoms with Crippen LogP contribution in [0.1, 0.15) is 5.56 Å². The van der Waals surface area contributed by atoms with Crippen molar-refractivity contribution < 1.29 is 22.7 Å². The normalized spacial score (nSPS) is 11.1. The first kappa shape index (κ1) is 20.6. The molecule has 0 spiro atoms. The van der Waals surface area contributed by atoms with Gasteiger partial charge < -0.3 is 10.4 Å². The summed E-state index contributed by atoms with van der Waals surface area (Å²) in [7, 11) is -3.85. The number of phenols is 1. The van der Waals surface area contributed by atoms with Crippen LogP contribution >= 0.6 is 11.6 Å². The van der Waals surface area contributed by atoms with Crippen LogP contribution in [0.25, 0.3) is 0 Å². The fourth-order valence-electron chi connectivity index (χ4n) is 2.51. The van der Waals surface area contributed by atoms with Crippen molar-refractivity contribution in [3.05, 3.63) is 83.1 Å². The van der Waals surface area contributed by atoms with Crippen LogP contribution in [-0.2, 0) is 21.2 Å². The Labute approximate surface area is 172 Å². The molecule has 3 aromatic carbocycles. The third-order valence-corrected chi connectivity index (χ3v) is 5.56. The predicted octanol–water partition coefficient (Wildman–Crippen LogP) is 4.17. The standard InChI is InChI=1S/C20H16ClFN2O4S/c21-14-3-10-19(25)18(12-14)23-20(26)11-13-1-6-16(7-2-13)24-29(27,28)17-8-4-15(22)5-9-17/h1-10,12,24-25H,11H2,(H,23,26). The molecule has 0 aliphatic carbocycles. The molecule has 3 N–H and O–H groups in total. The number of anilines is 2. The van der Waals surface area contributed by atoms with E-state index >= 15 is 0 Å². The molecule has 0 radical (unpaired) electrons. The summed E-state index contributed by atoms with van der Waals surface area (Å²) in [6.45, 7) is 0. The zero-order valence-corrected chi connectivity index (χ0v) is 16.5. The monoisotopic (exact) mass is 434 g/mol. The molecule has 0 saturated heterocycles. The van der Waals surface area contributed by atoms with E-state index in [2.05, 4.69) is 10.0 Å². The molecule has 3 aromatic rings. The maximum Gasteiger partial charge on any atom is 0.261 e. The molecule has 0 aliphatic rings. The number of nitrogens with one attached hydrogen (secondary N) is 2. The van der Waals surface area contributed by atoms with E-state index in [9.17, 15) is 22.7 Å². The average molecular weight is 435 g/mol. The number of halogens is 2. The number of benzene rings is 3. The van der Waals surface area contributed by atoms with E-state index < -0.39 is 15.8 Å². The van der Waals surface area contributed by atoms with E-state index in [4.69, 9.17) is 11.6 Å². The molecule has 0 aromatic heterocycles.